The number of piperidine rings is 1. The summed E-state index contributed by atoms with van der Waals surface area (Å²) in [5.41, 5.74) is 2.13. The van der Waals surface area contributed by atoms with E-state index in [1.54, 1.807) is 6.20 Å². The van der Waals surface area contributed by atoms with Crippen LogP contribution < -0.4 is 4.74 Å². The van der Waals surface area contributed by atoms with Crippen molar-refractivity contribution in [2.45, 2.75) is 51.4 Å². The SMILES string of the molecule is CN1CCC(Oc2cnc3c(n2)c(-c2nnco2)cn3COCC[Si](C)(C)C)CC1. The molecule has 0 bridgehead atoms. The zero-order valence-electron chi connectivity index (χ0n) is 18.2. The van der Waals surface area contributed by atoms with Crippen molar-refractivity contribution in [1.82, 2.24) is 29.6 Å². The Kier molecular flexibility index (Phi) is 6.16. The highest BCUT2D eigenvalue weighted by Crippen LogP contribution is 2.29. The van der Waals surface area contributed by atoms with E-state index in [-0.39, 0.29) is 6.10 Å². The van der Waals surface area contributed by atoms with Crippen LogP contribution in [0.4, 0.5) is 0 Å². The average molecular weight is 431 g/mol. The maximum Gasteiger partial charge on any atom is 0.251 e. The molecule has 0 unspecified atom stereocenters. The van der Waals surface area contributed by atoms with Gasteiger partial charge in [0.2, 0.25) is 12.3 Å². The molecule has 3 aromatic rings. The zero-order chi connectivity index (χ0) is 21.1. The molecule has 3 aromatic heterocycles. The minimum atomic E-state index is -1.14. The second-order valence-corrected chi connectivity index (χ2v) is 14.7. The predicted octanol–water partition coefficient (Wildman–Crippen LogP) is 3.27. The fraction of sp³-hybridized carbons (Fsp3) is 0.600. The van der Waals surface area contributed by atoms with Crippen molar-refractivity contribution >= 4 is 19.2 Å². The van der Waals surface area contributed by atoms with E-state index in [0.29, 0.717) is 29.7 Å². The summed E-state index contributed by atoms with van der Waals surface area (Å²) >= 11 is 0. The first-order valence-electron chi connectivity index (χ1n) is 10.4. The molecule has 9 nitrogen and oxygen atoms in total. The van der Waals surface area contributed by atoms with Crippen molar-refractivity contribution in [2.75, 3.05) is 26.7 Å². The Bertz CT molecular complexity index is 961. The summed E-state index contributed by atoms with van der Waals surface area (Å²) in [4.78, 5) is 11.7. The molecule has 0 aromatic carbocycles. The fourth-order valence-corrected chi connectivity index (χ4v) is 4.21. The Morgan fingerprint density at radius 2 is 2.03 bits per heavy atom. The van der Waals surface area contributed by atoms with Gasteiger partial charge < -0.3 is 23.4 Å². The molecule has 4 rings (SSSR count). The van der Waals surface area contributed by atoms with Gasteiger partial charge in [0.05, 0.1) is 11.8 Å². The van der Waals surface area contributed by atoms with Crippen molar-refractivity contribution in [2.24, 2.45) is 0 Å². The summed E-state index contributed by atoms with van der Waals surface area (Å²) in [6.45, 7) is 10.2. The van der Waals surface area contributed by atoms with Gasteiger partial charge in [-0.3, -0.25) is 0 Å². The van der Waals surface area contributed by atoms with Gasteiger partial charge in [0.1, 0.15) is 18.4 Å². The lowest BCUT2D eigenvalue weighted by molar-refractivity contribution is 0.0898. The van der Waals surface area contributed by atoms with E-state index in [4.69, 9.17) is 18.9 Å². The predicted molar refractivity (Wildman–Crippen MR) is 116 cm³/mol. The topological polar surface area (TPSA) is 91.3 Å². The highest BCUT2D eigenvalue weighted by atomic mass is 28.3. The number of hydrogen-bond acceptors (Lipinski definition) is 8. The Labute approximate surface area is 177 Å². The van der Waals surface area contributed by atoms with Crippen LogP contribution in [-0.2, 0) is 11.5 Å². The van der Waals surface area contributed by atoms with Crippen LogP contribution >= 0.6 is 0 Å². The summed E-state index contributed by atoms with van der Waals surface area (Å²) in [7, 11) is 0.996. The third-order valence-corrected chi connectivity index (χ3v) is 7.02. The Balaban J connectivity index is 1.55. The van der Waals surface area contributed by atoms with Crippen LogP contribution in [0, 0.1) is 0 Å². The summed E-state index contributed by atoms with van der Waals surface area (Å²) in [5, 5.41) is 7.86. The Hall–Kier alpha value is -2.30. The lowest BCUT2D eigenvalue weighted by Crippen LogP contribution is -2.35. The molecule has 1 saturated heterocycles. The molecule has 0 amide bonds. The molecule has 1 aliphatic rings. The van der Waals surface area contributed by atoms with E-state index < -0.39 is 8.07 Å². The molecule has 30 heavy (non-hydrogen) atoms. The van der Waals surface area contributed by atoms with Crippen LogP contribution in [0.2, 0.25) is 25.7 Å². The number of nitrogens with zero attached hydrogens (tertiary/aromatic N) is 6. The average Bonchev–Trinajstić information content (AvgIpc) is 3.34. The first-order chi connectivity index (χ1) is 14.4. The van der Waals surface area contributed by atoms with Crippen LogP contribution in [0.5, 0.6) is 5.88 Å². The van der Waals surface area contributed by atoms with Crippen LogP contribution in [0.25, 0.3) is 22.6 Å². The van der Waals surface area contributed by atoms with E-state index in [1.807, 2.05) is 10.8 Å². The van der Waals surface area contributed by atoms with Crippen molar-refractivity contribution < 1.29 is 13.9 Å². The van der Waals surface area contributed by atoms with Gasteiger partial charge in [-0.25, -0.2) is 9.97 Å². The van der Waals surface area contributed by atoms with Crippen LogP contribution in [0.1, 0.15) is 12.8 Å². The number of hydrogen-bond donors (Lipinski definition) is 0. The van der Waals surface area contributed by atoms with Gasteiger partial charge in [-0.2, -0.15) is 0 Å². The van der Waals surface area contributed by atoms with E-state index in [9.17, 15) is 0 Å². The number of ether oxygens (including phenoxy) is 2. The number of fused-ring (bicyclic) bond motifs is 1. The minimum absolute atomic E-state index is 0.159. The highest BCUT2D eigenvalue weighted by molar-refractivity contribution is 6.76. The van der Waals surface area contributed by atoms with Crippen LogP contribution in [-0.4, -0.2) is 70.6 Å². The molecule has 1 aliphatic heterocycles. The summed E-state index contributed by atoms with van der Waals surface area (Å²) in [6.07, 6.45) is 7.04. The largest absolute Gasteiger partial charge is 0.473 e. The molecular formula is C20H30N6O3Si. The second-order valence-electron chi connectivity index (χ2n) is 9.11. The molecule has 0 saturated carbocycles. The maximum atomic E-state index is 6.13. The Morgan fingerprint density at radius 3 is 2.73 bits per heavy atom. The summed E-state index contributed by atoms with van der Waals surface area (Å²) in [6, 6.07) is 1.11. The number of likely N-dealkylation sites (tertiary alicyclic amines) is 1. The van der Waals surface area contributed by atoms with Crippen molar-refractivity contribution in [3.8, 4) is 17.3 Å². The van der Waals surface area contributed by atoms with Crippen molar-refractivity contribution in [1.29, 1.82) is 0 Å². The van der Waals surface area contributed by atoms with Crippen LogP contribution in [0.3, 0.4) is 0 Å². The minimum Gasteiger partial charge on any atom is -0.473 e. The lowest BCUT2D eigenvalue weighted by Gasteiger charge is -2.28. The molecule has 0 aliphatic carbocycles. The monoisotopic (exact) mass is 430 g/mol. The standard InChI is InChI=1S/C20H30N6O3Si/c1-25-7-5-15(6-8-25)29-17-11-21-19-18(23-17)16(20-24-22-13-28-20)12-26(19)14-27-9-10-30(2,3)4/h11-13,15H,5-10,14H2,1-4H3. The third kappa shape index (κ3) is 5.05. The molecule has 10 heteroatoms. The van der Waals surface area contributed by atoms with E-state index in [1.165, 1.54) is 6.39 Å². The summed E-state index contributed by atoms with van der Waals surface area (Å²) in [5.74, 6) is 0.932. The number of rotatable bonds is 8. The first-order valence-corrected chi connectivity index (χ1v) is 14.2. The van der Waals surface area contributed by atoms with Crippen molar-refractivity contribution in [3.05, 3.63) is 18.8 Å². The first kappa shape index (κ1) is 20.9. The van der Waals surface area contributed by atoms with Gasteiger partial charge in [0, 0.05) is 34.0 Å². The molecule has 0 atom stereocenters. The van der Waals surface area contributed by atoms with Crippen molar-refractivity contribution in [3.63, 3.8) is 0 Å². The molecule has 0 N–H and O–H groups in total. The molecule has 162 valence electrons. The highest BCUT2D eigenvalue weighted by Gasteiger charge is 2.21. The van der Waals surface area contributed by atoms with Gasteiger partial charge in [-0.05, 0) is 25.9 Å². The molecule has 0 radical (unpaired) electrons. The van der Waals surface area contributed by atoms with Gasteiger partial charge in [0.25, 0.3) is 5.89 Å². The van der Waals surface area contributed by atoms with E-state index in [2.05, 4.69) is 46.8 Å². The molecule has 4 heterocycles. The lowest BCUT2D eigenvalue weighted by atomic mass is 10.1. The molecule has 1 fully saturated rings. The van der Waals surface area contributed by atoms with Gasteiger partial charge in [-0.15, -0.1) is 10.2 Å². The fourth-order valence-electron chi connectivity index (χ4n) is 3.45. The zero-order valence-corrected chi connectivity index (χ0v) is 19.2. The third-order valence-electron chi connectivity index (χ3n) is 5.31. The quantitative estimate of drug-likeness (QED) is 0.397. The molecular weight excluding hydrogens is 400 g/mol. The second kappa shape index (κ2) is 8.82. The normalized spacial score (nSPS) is 16.4. The van der Waals surface area contributed by atoms with E-state index >= 15 is 0 Å². The summed E-state index contributed by atoms with van der Waals surface area (Å²) < 4.78 is 19.4. The van der Waals surface area contributed by atoms with Gasteiger partial charge >= 0.3 is 0 Å². The smallest absolute Gasteiger partial charge is 0.251 e. The van der Waals surface area contributed by atoms with E-state index in [0.717, 1.165) is 44.1 Å². The Morgan fingerprint density at radius 1 is 1.23 bits per heavy atom. The van der Waals surface area contributed by atoms with Crippen LogP contribution in [0.15, 0.2) is 23.2 Å². The van der Waals surface area contributed by atoms with Gasteiger partial charge in [0.15, 0.2) is 5.65 Å². The van der Waals surface area contributed by atoms with Gasteiger partial charge in [-0.1, -0.05) is 19.6 Å². The maximum absolute atomic E-state index is 6.13. The number of aromatic nitrogens is 5. The molecule has 0 spiro atoms.